The Labute approximate surface area is 158 Å². The molecule has 27 heavy (non-hydrogen) atoms. The van der Waals surface area contributed by atoms with E-state index in [1.807, 2.05) is 60.7 Å². The Morgan fingerprint density at radius 1 is 1.00 bits per heavy atom. The van der Waals surface area contributed by atoms with Crippen LogP contribution in [0, 0.1) is 0 Å². The van der Waals surface area contributed by atoms with Crippen molar-refractivity contribution in [1.29, 1.82) is 0 Å². The van der Waals surface area contributed by atoms with Gasteiger partial charge in [0.15, 0.2) is 5.78 Å². The Kier molecular flexibility index (Phi) is 4.79. The topological polar surface area (TPSA) is 50.3 Å². The van der Waals surface area contributed by atoms with Gasteiger partial charge in [0.2, 0.25) is 5.91 Å². The minimum atomic E-state index is -0.323. The Morgan fingerprint density at radius 3 is 2.56 bits per heavy atom. The molecule has 0 N–H and O–H groups in total. The maximum atomic E-state index is 13.6. The van der Waals surface area contributed by atoms with Gasteiger partial charge in [-0.3, -0.25) is 14.6 Å². The van der Waals surface area contributed by atoms with Crippen molar-refractivity contribution in [1.82, 2.24) is 4.98 Å². The summed E-state index contributed by atoms with van der Waals surface area (Å²) >= 11 is 0. The maximum Gasteiger partial charge on any atom is 0.234 e. The molecule has 1 atom stereocenters. The van der Waals surface area contributed by atoms with Gasteiger partial charge in [0.25, 0.3) is 0 Å². The second-order valence-electron chi connectivity index (χ2n) is 6.71. The summed E-state index contributed by atoms with van der Waals surface area (Å²) < 4.78 is 0. The molecule has 0 radical (unpaired) electrons. The van der Waals surface area contributed by atoms with Gasteiger partial charge in [-0.15, -0.1) is 0 Å². The molecule has 1 aliphatic heterocycles. The van der Waals surface area contributed by atoms with Crippen LogP contribution in [0.3, 0.4) is 0 Å². The molecule has 0 saturated carbocycles. The molecular weight excluding hydrogens is 336 g/mol. The normalized spacial score (nSPS) is 14.5. The first-order valence-electron chi connectivity index (χ1n) is 9.11. The van der Waals surface area contributed by atoms with Crippen LogP contribution in [0.1, 0.15) is 33.8 Å². The van der Waals surface area contributed by atoms with Gasteiger partial charge in [-0.25, -0.2) is 0 Å². The number of pyridine rings is 1. The van der Waals surface area contributed by atoms with Crippen molar-refractivity contribution in [3.8, 4) is 0 Å². The molecule has 4 nitrogen and oxygen atoms in total. The van der Waals surface area contributed by atoms with Crippen LogP contribution < -0.4 is 4.90 Å². The molecular formula is C23H20N2O2. The number of nitrogens with zero attached hydrogens (tertiary/aromatic N) is 2. The number of carbonyl (C=O) groups is 2. The van der Waals surface area contributed by atoms with Crippen molar-refractivity contribution in [3.63, 3.8) is 0 Å². The fourth-order valence-corrected chi connectivity index (χ4v) is 3.62. The van der Waals surface area contributed by atoms with Gasteiger partial charge in [-0.05, 0) is 35.7 Å². The number of rotatable bonds is 4. The summed E-state index contributed by atoms with van der Waals surface area (Å²) in [6.07, 6.45) is 4.46. The van der Waals surface area contributed by atoms with E-state index < -0.39 is 0 Å². The smallest absolute Gasteiger partial charge is 0.234 e. The number of benzene rings is 2. The van der Waals surface area contributed by atoms with Crippen LogP contribution in [-0.4, -0.2) is 23.2 Å². The molecule has 1 aliphatic rings. The van der Waals surface area contributed by atoms with Crippen molar-refractivity contribution < 1.29 is 9.59 Å². The van der Waals surface area contributed by atoms with Crippen LogP contribution in [0.4, 0.5) is 5.69 Å². The number of para-hydroxylation sites is 1. The Hall–Kier alpha value is -3.27. The Balaban J connectivity index is 1.71. The molecule has 0 saturated heterocycles. The van der Waals surface area contributed by atoms with Gasteiger partial charge in [0.05, 0.1) is 11.6 Å². The highest BCUT2D eigenvalue weighted by Crippen LogP contribution is 2.31. The summed E-state index contributed by atoms with van der Waals surface area (Å²) in [5, 5.41) is 0. The fourth-order valence-electron chi connectivity index (χ4n) is 3.62. The van der Waals surface area contributed by atoms with Crippen LogP contribution in [0.2, 0.25) is 0 Å². The number of Topliss-reactive ketones (excluding diaryl/α,β-unsaturated/α-hetero) is 1. The molecule has 0 bridgehead atoms. The molecule has 2 heterocycles. The molecule has 3 aromatic rings. The summed E-state index contributed by atoms with van der Waals surface area (Å²) in [5.41, 5.74) is 3.33. The average molecular weight is 356 g/mol. The second kappa shape index (κ2) is 7.54. The predicted molar refractivity (Wildman–Crippen MR) is 105 cm³/mol. The number of aromatic nitrogens is 1. The van der Waals surface area contributed by atoms with Crippen molar-refractivity contribution in [2.24, 2.45) is 0 Å². The zero-order valence-electron chi connectivity index (χ0n) is 14.9. The quantitative estimate of drug-likeness (QED) is 0.709. The minimum Gasteiger partial charge on any atom is -0.311 e. The lowest BCUT2D eigenvalue weighted by atomic mass is 9.89. The van der Waals surface area contributed by atoms with E-state index in [9.17, 15) is 9.59 Å². The molecule has 4 heteroatoms. The molecule has 134 valence electrons. The summed E-state index contributed by atoms with van der Waals surface area (Å²) in [5.74, 6) is -0.208. The third-order valence-electron chi connectivity index (χ3n) is 4.99. The lowest BCUT2D eigenvalue weighted by molar-refractivity contribution is -0.120. The predicted octanol–water partition coefficient (Wildman–Crippen LogP) is 4.03. The van der Waals surface area contributed by atoms with Crippen LogP contribution in [-0.2, 0) is 11.2 Å². The van der Waals surface area contributed by atoms with E-state index in [0.717, 1.165) is 11.1 Å². The van der Waals surface area contributed by atoms with E-state index in [-0.39, 0.29) is 17.6 Å². The number of hydrogen-bond acceptors (Lipinski definition) is 3. The molecule has 0 aliphatic carbocycles. The van der Waals surface area contributed by atoms with E-state index in [1.54, 1.807) is 23.4 Å². The Morgan fingerprint density at radius 2 is 1.78 bits per heavy atom. The molecule has 1 unspecified atom stereocenters. The van der Waals surface area contributed by atoms with Crippen LogP contribution in [0.5, 0.6) is 0 Å². The third-order valence-corrected chi connectivity index (χ3v) is 4.99. The van der Waals surface area contributed by atoms with E-state index >= 15 is 0 Å². The fraction of sp³-hybridized carbons (Fsp3) is 0.174. The second-order valence-corrected chi connectivity index (χ2v) is 6.71. The van der Waals surface area contributed by atoms with Crippen LogP contribution >= 0.6 is 0 Å². The first-order valence-corrected chi connectivity index (χ1v) is 9.11. The highest BCUT2D eigenvalue weighted by Gasteiger charge is 2.32. The average Bonchev–Trinajstić information content (AvgIpc) is 2.73. The number of hydrogen-bond donors (Lipinski definition) is 0. The summed E-state index contributed by atoms with van der Waals surface area (Å²) in [7, 11) is 0. The number of ketones is 1. The first kappa shape index (κ1) is 17.2. The number of carbonyl (C=O) groups excluding carboxylic acids is 2. The lowest BCUT2D eigenvalue weighted by Gasteiger charge is -2.32. The van der Waals surface area contributed by atoms with Crippen molar-refractivity contribution in [2.45, 2.75) is 18.8 Å². The standard InChI is InChI=1S/C23H20N2O2/c26-22-12-14-25(21-11-5-4-10-19(21)22)23(27)20(18-8-2-1-3-9-18)15-17-7-6-13-24-16-17/h1-11,13,16,20H,12,14-15H2. The third kappa shape index (κ3) is 3.51. The van der Waals surface area contributed by atoms with Crippen molar-refractivity contribution in [3.05, 3.63) is 95.8 Å². The maximum absolute atomic E-state index is 13.6. The number of fused-ring (bicyclic) bond motifs is 1. The van der Waals surface area contributed by atoms with Gasteiger partial charge in [-0.1, -0.05) is 48.5 Å². The van der Waals surface area contributed by atoms with Gasteiger partial charge < -0.3 is 4.90 Å². The summed E-state index contributed by atoms with van der Waals surface area (Å²) in [6.45, 7) is 0.422. The molecule has 1 amide bonds. The number of amides is 1. The molecule has 2 aromatic carbocycles. The zero-order valence-corrected chi connectivity index (χ0v) is 14.9. The van der Waals surface area contributed by atoms with Gasteiger partial charge in [-0.2, -0.15) is 0 Å². The highest BCUT2D eigenvalue weighted by molar-refractivity contribution is 6.10. The van der Waals surface area contributed by atoms with Gasteiger partial charge in [0.1, 0.15) is 0 Å². The molecule has 1 aromatic heterocycles. The summed E-state index contributed by atoms with van der Waals surface area (Å²) in [6, 6.07) is 21.1. The highest BCUT2D eigenvalue weighted by atomic mass is 16.2. The monoisotopic (exact) mass is 356 g/mol. The molecule has 4 rings (SSSR count). The number of anilines is 1. The Bertz CT molecular complexity index is 954. The van der Waals surface area contributed by atoms with Gasteiger partial charge >= 0.3 is 0 Å². The molecule has 0 fully saturated rings. The van der Waals surface area contributed by atoms with E-state index in [4.69, 9.17) is 0 Å². The van der Waals surface area contributed by atoms with Crippen LogP contribution in [0.25, 0.3) is 0 Å². The molecule has 0 spiro atoms. The van der Waals surface area contributed by atoms with Crippen molar-refractivity contribution in [2.75, 3.05) is 11.4 Å². The van der Waals surface area contributed by atoms with Gasteiger partial charge in [0, 0.05) is 30.9 Å². The minimum absolute atomic E-state index is 0.0185. The van der Waals surface area contributed by atoms with Crippen molar-refractivity contribution >= 4 is 17.4 Å². The van der Waals surface area contributed by atoms with E-state index in [1.165, 1.54) is 0 Å². The largest absolute Gasteiger partial charge is 0.311 e. The van der Waals surface area contributed by atoms with E-state index in [2.05, 4.69) is 4.98 Å². The summed E-state index contributed by atoms with van der Waals surface area (Å²) in [4.78, 5) is 31.8. The first-order chi connectivity index (χ1) is 13.2. The lowest BCUT2D eigenvalue weighted by Crippen LogP contribution is -2.41. The van der Waals surface area contributed by atoms with E-state index in [0.29, 0.717) is 30.6 Å². The zero-order chi connectivity index (χ0) is 18.6. The SMILES string of the molecule is O=C1CCN(C(=O)C(Cc2cccnc2)c2ccccc2)c2ccccc21. The van der Waals surface area contributed by atoms with Crippen LogP contribution in [0.15, 0.2) is 79.1 Å².